The molecule has 2 atom stereocenters. The fourth-order valence-corrected chi connectivity index (χ4v) is 2.94. The van der Waals surface area contributed by atoms with Crippen molar-refractivity contribution in [1.82, 2.24) is 10.3 Å². The molecular formula is C17H20N2O4. The molecule has 1 aromatic carbocycles. The number of aromatic nitrogens is 1. The Balaban J connectivity index is 2.06. The minimum absolute atomic E-state index is 0.327. The summed E-state index contributed by atoms with van der Waals surface area (Å²) in [5.41, 5.74) is 1.81. The minimum Gasteiger partial charge on any atom is -0.480 e. The number of ether oxygens (including phenoxy) is 1. The zero-order chi connectivity index (χ0) is 16.8. The zero-order valence-corrected chi connectivity index (χ0v) is 13.3. The number of rotatable bonds is 2. The second-order valence-corrected chi connectivity index (χ2v) is 6.79. The highest BCUT2D eigenvalue weighted by molar-refractivity contribution is 5.90. The fourth-order valence-electron chi connectivity index (χ4n) is 2.94. The maximum atomic E-state index is 12.5. The predicted octanol–water partition coefficient (Wildman–Crippen LogP) is 2.15. The van der Waals surface area contributed by atoms with Gasteiger partial charge in [0.05, 0.1) is 0 Å². The number of aliphatic carboxylic acids is 1. The molecule has 6 nitrogen and oxygen atoms in total. The van der Waals surface area contributed by atoms with Gasteiger partial charge in [0, 0.05) is 23.0 Å². The largest absolute Gasteiger partial charge is 0.480 e. The first kappa shape index (κ1) is 15.6. The van der Waals surface area contributed by atoms with Crippen molar-refractivity contribution >= 4 is 22.8 Å². The molecule has 0 saturated carbocycles. The lowest BCUT2D eigenvalue weighted by Crippen LogP contribution is -2.48. The summed E-state index contributed by atoms with van der Waals surface area (Å²) in [7, 11) is 0. The summed E-state index contributed by atoms with van der Waals surface area (Å²) >= 11 is 0. The summed E-state index contributed by atoms with van der Waals surface area (Å²) in [6.07, 6.45) is 0.327. The van der Waals surface area contributed by atoms with Crippen LogP contribution in [0.1, 0.15) is 38.1 Å². The van der Waals surface area contributed by atoms with Gasteiger partial charge in [-0.25, -0.2) is 4.79 Å². The van der Waals surface area contributed by atoms with Gasteiger partial charge in [0.1, 0.15) is 17.7 Å². The fraction of sp³-hybridized carbons (Fsp3) is 0.412. The first-order valence-corrected chi connectivity index (χ1v) is 7.57. The smallest absolute Gasteiger partial charge is 0.329 e. The standard InChI is InChI=1S/C17H20N2O4/c1-17(2,3)23-16(22)14-13-10(8-12(19-14)15(20)21)9-6-4-5-7-11(9)18-13/h4-7,12,14,18-19H,8H2,1-3H3,(H,20,21)/t12-,14-/m0/s1. The second-order valence-electron chi connectivity index (χ2n) is 6.79. The quantitative estimate of drug-likeness (QED) is 0.738. The molecule has 122 valence electrons. The van der Waals surface area contributed by atoms with Crippen LogP contribution in [0.2, 0.25) is 0 Å². The van der Waals surface area contributed by atoms with Crippen LogP contribution < -0.4 is 5.32 Å². The molecule has 23 heavy (non-hydrogen) atoms. The molecule has 3 N–H and O–H groups in total. The number of benzene rings is 1. The van der Waals surface area contributed by atoms with E-state index in [0.29, 0.717) is 12.1 Å². The molecule has 6 heteroatoms. The van der Waals surface area contributed by atoms with Crippen molar-refractivity contribution in [1.29, 1.82) is 0 Å². The van der Waals surface area contributed by atoms with Crippen LogP contribution in [0.15, 0.2) is 24.3 Å². The summed E-state index contributed by atoms with van der Waals surface area (Å²) in [4.78, 5) is 27.2. The van der Waals surface area contributed by atoms with Gasteiger partial charge < -0.3 is 14.8 Å². The number of carbonyl (C=O) groups excluding carboxylic acids is 1. The van der Waals surface area contributed by atoms with E-state index in [-0.39, 0.29) is 0 Å². The van der Waals surface area contributed by atoms with E-state index in [1.165, 1.54) is 0 Å². The molecule has 0 bridgehead atoms. The van der Waals surface area contributed by atoms with Gasteiger partial charge in [0.25, 0.3) is 0 Å². The van der Waals surface area contributed by atoms with Gasteiger partial charge in [0.15, 0.2) is 0 Å². The van der Waals surface area contributed by atoms with Crippen LogP contribution in [0, 0.1) is 0 Å². The highest BCUT2D eigenvalue weighted by atomic mass is 16.6. The summed E-state index contributed by atoms with van der Waals surface area (Å²) in [5, 5.41) is 13.2. The maximum absolute atomic E-state index is 12.5. The molecule has 0 radical (unpaired) electrons. The number of hydrogen-bond acceptors (Lipinski definition) is 4. The number of carboxylic acid groups (broad SMARTS) is 1. The van der Waals surface area contributed by atoms with E-state index < -0.39 is 29.6 Å². The van der Waals surface area contributed by atoms with Gasteiger partial charge in [-0.2, -0.15) is 0 Å². The van der Waals surface area contributed by atoms with Crippen LogP contribution in [0.25, 0.3) is 10.9 Å². The normalized spacial score (nSPS) is 21.0. The van der Waals surface area contributed by atoms with E-state index >= 15 is 0 Å². The summed E-state index contributed by atoms with van der Waals surface area (Å²) in [6, 6.07) is 6.01. The summed E-state index contributed by atoms with van der Waals surface area (Å²) < 4.78 is 5.44. The first-order valence-electron chi connectivity index (χ1n) is 7.57. The number of fused-ring (bicyclic) bond motifs is 3. The van der Waals surface area contributed by atoms with Crippen molar-refractivity contribution in [3.8, 4) is 0 Å². The van der Waals surface area contributed by atoms with Crippen LogP contribution in [0.3, 0.4) is 0 Å². The zero-order valence-electron chi connectivity index (χ0n) is 13.3. The third kappa shape index (κ3) is 2.94. The van der Waals surface area contributed by atoms with Crippen molar-refractivity contribution < 1.29 is 19.4 Å². The third-order valence-corrected chi connectivity index (χ3v) is 3.85. The lowest BCUT2D eigenvalue weighted by Gasteiger charge is -2.30. The average Bonchev–Trinajstić information content (AvgIpc) is 2.82. The Bertz CT molecular complexity index is 772. The molecule has 1 aromatic heterocycles. The maximum Gasteiger partial charge on any atom is 0.329 e. The highest BCUT2D eigenvalue weighted by Crippen LogP contribution is 2.33. The molecule has 0 fully saturated rings. The van der Waals surface area contributed by atoms with Crippen LogP contribution in [0.5, 0.6) is 0 Å². The molecular weight excluding hydrogens is 296 g/mol. The van der Waals surface area contributed by atoms with Crippen molar-refractivity contribution in [2.24, 2.45) is 0 Å². The topological polar surface area (TPSA) is 91.4 Å². The number of carboxylic acids is 1. The first-order chi connectivity index (χ1) is 10.8. The Morgan fingerprint density at radius 1 is 1.26 bits per heavy atom. The van der Waals surface area contributed by atoms with E-state index in [1.807, 2.05) is 24.3 Å². The van der Waals surface area contributed by atoms with Crippen molar-refractivity contribution in [3.05, 3.63) is 35.5 Å². The Kier molecular flexibility index (Phi) is 3.64. The monoisotopic (exact) mass is 316 g/mol. The Hall–Kier alpha value is -2.34. The average molecular weight is 316 g/mol. The van der Waals surface area contributed by atoms with Gasteiger partial charge in [-0.1, -0.05) is 18.2 Å². The second kappa shape index (κ2) is 5.38. The van der Waals surface area contributed by atoms with E-state index in [9.17, 15) is 14.7 Å². The summed E-state index contributed by atoms with van der Waals surface area (Å²) in [5.74, 6) is -1.45. The number of carbonyl (C=O) groups is 2. The van der Waals surface area contributed by atoms with E-state index in [1.54, 1.807) is 20.8 Å². The summed E-state index contributed by atoms with van der Waals surface area (Å²) in [6.45, 7) is 5.36. The molecule has 1 aliphatic heterocycles. The highest BCUT2D eigenvalue weighted by Gasteiger charge is 2.38. The Labute approximate surface area is 133 Å². The van der Waals surface area contributed by atoms with Crippen LogP contribution in [-0.4, -0.2) is 33.7 Å². The number of nitrogens with one attached hydrogen (secondary N) is 2. The van der Waals surface area contributed by atoms with Crippen LogP contribution >= 0.6 is 0 Å². The molecule has 2 heterocycles. The van der Waals surface area contributed by atoms with E-state index in [2.05, 4.69) is 10.3 Å². The lowest BCUT2D eigenvalue weighted by molar-refractivity contribution is -0.158. The van der Waals surface area contributed by atoms with E-state index in [4.69, 9.17) is 4.74 Å². The molecule has 0 aliphatic carbocycles. The number of H-pyrrole nitrogens is 1. The van der Waals surface area contributed by atoms with Gasteiger partial charge >= 0.3 is 11.9 Å². The number of aromatic amines is 1. The number of hydrogen-bond donors (Lipinski definition) is 3. The van der Waals surface area contributed by atoms with Crippen molar-refractivity contribution in [2.45, 2.75) is 44.9 Å². The van der Waals surface area contributed by atoms with Gasteiger partial charge in [-0.15, -0.1) is 0 Å². The predicted molar refractivity (Wildman–Crippen MR) is 85.1 cm³/mol. The third-order valence-electron chi connectivity index (χ3n) is 3.85. The molecule has 0 unspecified atom stereocenters. The van der Waals surface area contributed by atoms with Gasteiger partial charge in [-0.3, -0.25) is 10.1 Å². The van der Waals surface area contributed by atoms with Crippen LogP contribution in [-0.2, 0) is 20.7 Å². The molecule has 2 aromatic rings. The van der Waals surface area contributed by atoms with Crippen LogP contribution in [0.4, 0.5) is 0 Å². The minimum atomic E-state index is -0.977. The van der Waals surface area contributed by atoms with Crippen molar-refractivity contribution in [3.63, 3.8) is 0 Å². The van der Waals surface area contributed by atoms with E-state index in [0.717, 1.165) is 16.5 Å². The molecule has 1 aliphatic rings. The Morgan fingerprint density at radius 2 is 1.96 bits per heavy atom. The molecule has 3 rings (SSSR count). The van der Waals surface area contributed by atoms with Gasteiger partial charge in [0.2, 0.25) is 0 Å². The lowest BCUT2D eigenvalue weighted by atomic mass is 9.94. The van der Waals surface area contributed by atoms with Gasteiger partial charge in [-0.05, 0) is 32.4 Å². The SMILES string of the molecule is CC(C)(C)OC(=O)[C@H]1N[C@H](C(=O)O)Cc2c1[nH]c1ccccc21. The Morgan fingerprint density at radius 3 is 2.61 bits per heavy atom. The molecule has 0 saturated heterocycles. The van der Waals surface area contributed by atoms with Crippen molar-refractivity contribution in [2.75, 3.05) is 0 Å². The number of esters is 1. The molecule has 0 spiro atoms. The molecule has 0 amide bonds. The number of para-hydroxylation sites is 1.